The highest BCUT2D eigenvalue weighted by atomic mass is 79.9. The van der Waals surface area contributed by atoms with Gasteiger partial charge in [0.15, 0.2) is 0 Å². The van der Waals surface area contributed by atoms with Crippen molar-refractivity contribution in [3.63, 3.8) is 0 Å². The Hall–Kier alpha value is -0.750. The van der Waals surface area contributed by atoms with E-state index in [9.17, 15) is 13.2 Å². The van der Waals surface area contributed by atoms with E-state index in [4.69, 9.17) is 28.9 Å². The van der Waals surface area contributed by atoms with Crippen LogP contribution < -0.4 is 5.73 Å². The fourth-order valence-corrected chi connectivity index (χ4v) is 2.60. The van der Waals surface area contributed by atoms with Gasteiger partial charge >= 0.3 is 6.18 Å². The van der Waals surface area contributed by atoms with Crippen LogP contribution in [0.15, 0.2) is 40.9 Å². The first-order chi connectivity index (χ1) is 9.70. The van der Waals surface area contributed by atoms with Crippen LogP contribution in [0.4, 0.5) is 13.2 Å². The molecule has 0 fully saturated rings. The average Bonchev–Trinajstić information content (AvgIpc) is 2.40. The number of rotatable bonds is 2. The van der Waals surface area contributed by atoms with Gasteiger partial charge in [-0.05, 0) is 35.4 Å². The first kappa shape index (κ1) is 16.6. The molecule has 0 aromatic heterocycles. The smallest absolute Gasteiger partial charge is 0.320 e. The Morgan fingerprint density at radius 2 is 1.67 bits per heavy atom. The molecule has 0 amide bonds. The van der Waals surface area contributed by atoms with Crippen LogP contribution in [0.2, 0.25) is 10.0 Å². The fraction of sp³-hybridized carbons (Fsp3) is 0.143. The highest BCUT2D eigenvalue weighted by Crippen LogP contribution is 2.38. The molecule has 0 aliphatic rings. The van der Waals surface area contributed by atoms with Crippen molar-refractivity contribution in [2.24, 2.45) is 5.73 Å². The van der Waals surface area contributed by atoms with Gasteiger partial charge in [-0.15, -0.1) is 0 Å². The molecule has 0 saturated carbocycles. The summed E-state index contributed by atoms with van der Waals surface area (Å²) in [4.78, 5) is 0. The maximum atomic E-state index is 13.1. The molecule has 0 spiro atoms. The van der Waals surface area contributed by atoms with Gasteiger partial charge in [0.05, 0.1) is 21.7 Å². The highest BCUT2D eigenvalue weighted by Gasteiger charge is 2.35. The Balaban J connectivity index is 2.52. The molecular weight excluding hydrogens is 390 g/mol. The van der Waals surface area contributed by atoms with Gasteiger partial charge in [0.1, 0.15) is 0 Å². The molecule has 2 N–H and O–H groups in total. The molecule has 0 radical (unpaired) electrons. The minimum atomic E-state index is -4.49. The van der Waals surface area contributed by atoms with Crippen molar-refractivity contribution in [3.8, 4) is 0 Å². The summed E-state index contributed by atoms with van der Waals surface area (Å²) in [7, 11) is 0. The number of benzene rings is 2. The number of hydrogen-bond donors (Lipinski definition) is 1. The Bertz CT molecular complexity index is 674. The molecule has 1 unspecified atom stereocenters. The molecule has 21 heavy (non-hydrogen) atoms. The van der Waals surface area contributed by atoms with E-state index in [1.54, 1.807) is 6.07 Å². The Morgan fingerprint density at radius 3 is 2.24 bits per heavy atom. The zero-order chi connectivity index (χ0) is 15.8. The first-order valence-corrected chi connectivity index (χ1v) is 7.32. The van der Waals surface area contributed by atoms with Crippen LogP contribution in [0, 0.1) is 0 Å². The van der Waals surface area contributed by atoms with Crippen molar-refractivity contribution in [3.05, 3.63) is 67.6 Å². The van der Waals surface area contributed by atoms with Gasteiger partial charge in [0.2, 0.25) is 0 Å². The maximum absolute atomic E-state index is 13.1. The second-order valence-electron chi connectivity index (χ2n) is 4.38. The van der Waals surface area contributed by atoms with Gasteiger partial charge < -0.3 is 5.73 Å². The fourth-order valence-electron chi connectivity index (χ4n) is 1.93. The monoisotopic (exact) mass is 397 g/mol. The standard InChI is InChI=1S/C14H9BrCl2F3N/c15-8-2-3-9(10(6-8)14(18,19)20)13(21)7-1-4-11(16)12(17)5-7/h1-6,13H,21H2. The van der Waals surface area contributed by atoms with E-state index in [1.165, 1.54) is 24.3 Å². The molecule has 112 valence electrons. The number of hydrogen-bond acceptors (Lipinski definition) is 1. The van der Waals surface area contributed by atoms with Gasteiger partial charge in [0.25, 0.3) is 0 Å². The van der Waals surface area contributed by atoms with E-state index in [0.29, 0.717) is 15.1 Å². The Labute approximate surface area is 138 Å². The van der Waals surface area contributed by atoms with Crippen LogP contribution in [-0.4, -0.2) is 0 Å². The van der Waals surface area contributed by atoms with E-state index in [0.717, 1.165) is 6.07 Å². The molecule has 2 aromatic carbocycles. The lowest BCUT2D eigenvalue weighted by Crippen LogP contribution is -2.18. The van der Waals surface area contributed by atoms with E-state index >= 15 is 0 Å². The SMILES string of the molecule is NC(c1ccc(Cl)c(Cl)c1)c1ccc(Br)cc1C(F)(F)F. The van der Waals surface area contributed by atoms with Gasteiger partial charge in [-0.2, -0.15) is 13.2 Å². The topological polar surface area (TPSA) is 26.0 Å². The molecule has 7 heteroatoms. The summed E-state index contributed by atoms with van der Waals surface area (Å²) in [5.41, 5.74) is 5.62. The van der Waals surface area contributed by atoms with Crippen molar-refractivity contribution >= 4 is 39.1 Å². The molecule has 2 aromatic rings. The van der Waals surface area contributed by atoms with E-state index in [-0.39, 0.29) is 10.6 Å². The van der Waals surface area contributed by atoms with Crippen LogP contribution >= 0.6 is 39.1 Å². The highest BCUT2D eigenvalue weighted by molar-refractivity contribution is 9.10. The second kappa shape index (κ2) is 6.16. The summed E-state index contributed by atoms with van der Waals surface area (Å²) >= 11 is 14.7. The number of alkyl halides is 3. The zero-order valence-electron chi connectivity index (χ0n) is 10.4. The van der Waals surface area contributed by atoms with Crippen LogP contribution in [0.25, 0.3) is 0 Å². The third kappa shape index (κ3) is 3.72. The summed E-state index contributed by atoms with van der Waals surface area (Å²) in [5, 5.41) is 0.565. The van der Waals surface area contributed by atoms with Crippen molar-refractivity contribution < 1.29 is 13.2 Å². The van der Waals surface area contributed by atoms with Crippen LogP contribution in [-0.2, 0) is 6.18 Å². The lowest BCUT2D eigenvalue weighted by Gasteiger charge is -2.19. The summed E-state index contributed by atoms with van der Waals surface area (Å²) in [6.45, 7) is 0. The summed E-state index contributed by atoms with van der Waals surface area (Å²) in [6.07, 6.45) is -4.49. The molecular formula is C14H9BrCl2F3N. The predicted octanol–water partition coefficient (Wildman–Crippen LogP) is 5.82. The van der Waals surface area contributed by atoms with E-state index in [2.05, 4.69) is 15.9 Å². The molecule has 0 aliphatic heterocycles. The van der Waals surface area contributed by atoms with Crippen molar-refractivity contribution in [2.75, 3.05) is 0 Å². The van der Waals surface area contributed by atoms with Crippen LogP contribution in [0.1, 0.15) is 22.7 Å². The largest absolute Gasteiger partial charge is 0.416 e. The van der Waals surface area contributed by atoms with Gasteiger partial charge in [-0.25, -0.2) is 0 Å². The first-order valence-electron chi connectivity index (χ1n) is 5.77. The number of halogens is 6. The Morgan fingerprint density at radius 1 is 1.00 bits per heavy atom. The predicted molar refractivity (Wildman–Crippen MR) is 81.6 cm³/mol. The average molecular weight is 399 g/mol. The summed E-state index contributed by atoms with van der Waals surface area (Å²) in [5.74, 6) is 0. The normalized spacial score (nSPS) is 13.3. The lowest BCUT2D eigenvalue weighted by molar-refractivity contribution is -0.138. The molecule has 0 saturated heterocycles. The number of nitrogens with two attached hydrogens (primary N) is 1. The van der Waals surface area contributed by atoms with Crippen LogP contribution in [0.5, 0.6) is 0 Å². The minimum absolute atomic E-state index is 0.0240. The molecule has 1 atom stereocenters. The Kier molecular flexibility index (Phi) is 4.88. The maximum Gasteiger partial charge on any atom is 0.416 e. The van der Waals surface area contributed by atoms with E-state index < -0.39 is 17.8 Å². The summed E-state index contributed by atoms with van der Waals surface area (Å²) < 4.78 is 39.7. The third-order valence-electron chi connectivity index (χ3n) is 2.96. The van der Waals surface area contributed by atoms with Crippen molar-refractivity contribution in [1.29, 1.82) is 0 Å². The van der Waals surface area contributed by atoms with E-state index in [1.807, 2.05) is 0 Å². The second-order valence-corrected chi connectivity index (χ2v) is 6.11. The van der Waals surface area contributed by atoms with Crippen LogP contribution in [0.3, 0.4) is 0 Å². The van der Waals surface area contributed by atoms with Crippen molar-refractivity contribution in [1.82, 2.24) is 0 Å². The van der Waals surface area contributed by atoms with Crippen molar-refractivity contribution in [2.45, 2.75) is 12.2 Å². The molecule has 0 heterocycles. The minimum Gasteiger partial charge on any atom is -0.320 e. The van der Waals surface area contributed by atoms with Gasteiger partial charge in [0, 0.05) is 4.47 Å². The zero-order valence-corrected chi connectivity index (χ0v) is 13.5. The summed E-state index contributed by atoms with van der Waals surface area (Å²) in [6, 6.07) is 7.45. The molecule has 1 nitrogen and oxygen atoms in total. The molecule has 0 bridgehead atoms. The van der Waals surface area contributed by atoms with Gasteiger partial charge in [-0.3, -0.25) is 0 Å². The van der Waals surface area contributed by atoms with Gasteiger partial charge in [-0.1, -0.05) is 51.3 Å². The molecule has 0 aliphatic carbocycles. The molecule has 2 rings (SSSR count). The quantitative estimate of drug-likeness (QED) is 0.677. The third-order valence-corrected chi connectivity index (χ3v) is 4.19. The lowest BCUT2D eigenvalue weighted by atomic mass is 9.95.